The monoisotopic (exact) mass is 1010 g/mol. The average Bonchev–Trinajstić information content (AvgIpc) is 3.99. The van der Waals surface area contributed by atoms with Crippen molar-refractivity contribution in [3.8, 4) is 44.8 Å². The third-order valence-electron chi connectivity index (χ3n) is 14.0. The summed E-state index contributed by atoms with van der Waals surface area (Å²) < 4.78 is 5.80. The minimum Gasteiger partial charge on any atom is -0.423 e. The van der Waals surface area contributed by atoms with Gasteiger partial charge in [0.25, 0.3) is 0 Å². The highest BCUT2D eigenvalue weighted by Gasteiger charge is 2.16. The van der Waals surface area contributed by atoms with Crippen molar-refractivity contribution in [2.24, 2.45) is 0 Å². The van der Waals surface area contributed by atoms with Gasteiger partial charge >= 0.3 is 7.12 Å². The van der Waals surface area contributed by atoms with Crippen LogP contribution in [0.15, 0.2) is 284 Å². The highest BCUT2D eigenvalue weighted by Crippen LogP contribution is 2.38. The molecular formula is C68H48BBrN2O2. The number of halogens is 1. The maximum Gasteiger partial charge on any atom is 0.489 e. The van der Waals surface area contributed by atoms with Crippen LogP contribution >= 0.6 is 15.9 Å². The molecule has 2 N–H and O–H groups in total. The zero-order chi connectivity index (χ0) is 50.0. The molecule has 14 aromatic rings. The van der Waals surface area contributed by atoms with Gasteiger partial charge in [0.1, 0.15) is 0 Å². The summed E-state index contributed by atoms with van der Waals surface area (Å²) in [5.74, 6) is 0. The minimum absolute atomic E-state index is 0.554. The molecule has 352 valence electrons. The first-order valence-electron chi connectivity index (χ1n) is 24.8. The number of hydrogen-bond donors (Lipinski definition) is 2. The van der Waals surface area contributed by atoms with Gasteiger partial charge in [-0.2, -0.15) is 0 Å². The van der Waals surface area contributed by atoms with Crippen LogP contribution in [0.1, 0.15) is 0 Å². The summed E-state index contributed by atoms with van der Waals surface area (Å²) in [7, 11) is -1.40. The topological polar surface area (TPSA) is 50.3 Å². The van der Waals surface area contributed by atoms with E-state index >= 15 is 0 Å². The summed E-state index contributed by atoms with van der Waals surface area (Å²) in [6.45, 7) is 0. The maximum atomic E-state index is 9.08. The molecule has 2 heterocycles. The first kappa shape index (κ1) is 46.3. The lowest BCUT2D eigenvalue weighted by Gasteiger charge is -2.09. The van der Waals surface area contributed by atoms with Crippen molar-refractivity contribution in [1.82, 2.24) is 9.13 Å². The van der Waals surface area contributed by atoms with Gasteiger partial charge < -0.3 is 19.2 Å². The summed E-state index contributed by atoms with van der Waals surface area (Å²) in [6.07, 6.45) is 0. The summed E-state index contributed by atoms with van der Waals surface area (Å²) in [6, 6.07) is 97.8. The van der Waals surface area contributed by atoms with Crippen LogP contribution in [0.25, 0.3) is 110 Å². The molecule has 12 aromatic carbocycles. The van der Waals surface area contributed by atoms with Crippen molar-refractivity contribution in [3.05, 3.63) is 284 Å². The smallest absolute Gasteiger partial charge is 0.423 e. The van der Waals surface area contributed by atoms with Crippen LogP contribution in [-0.2, 0) is 0 Å². The largest absolute Gasteiger partial charge is 0.489 e. The van der Waals surface area contributed by atoms with E-state index in [-0.39, 0.29) is 0 Å². The normalized spacial score (nSPS) is 11.2. The number of benzene rings is 12. The third-order valence-corrected chi connectivity index (χ3v) is 14.5. The van der Waals surface area contributed by atoms with Crippen molar-refractivity contribution in [1.29, 1.82) is 0 Å². The number of fused-ring (bicyclic) bond motifs is 8. The van der Waals surface area contributed by atoms with Crippen LogP contribution in [0.4, 0.5) is 0 Å². The molecular weight excluding hydrogens is 967 g/mol. The van der Waals surface area contributed by atoms with Gasteiger partial charge in [0, 0.05) is 37.4 Å². The van der Waals surface area contributed by atoms with Gasteiger partial charge in [0.2, 0.25) is 0 Å². The van der Waals surface area contributed by atoms with Crippen LogP contribution in [0.5, 0.6) is 0 Å². The van der Waals surface area contributed by atoms with Gasteiger partial charge in [0.05, 0.1) is 22.1 Å². The Kier molecular flexibility index (Phi) is 12.8. The second kappa shape index (κ2) is 20.4. The van der Waals surface area contributed by atoms with Crippen LogP contribution < -0.4 is 5.46 Å². The van der Waals surface area contributed by atoms with E-state index in [1.54, 1.807) is 6.07 Å². The molecule has 0 bridgehead atoms. The molecule has 4 nitrogen and oxygen atoms in total. The second-order valence-corrected chi connectivity index (χ2v) is 19.3. The highest BCUT2D eigenvalue weighted by molar-refractivity contribution is 9.10. The quantitative estimate of drug-likeness (QED) is 0.163. The van der Waals surface area contributed by atoms with Crippen LogP contribution in [0.2, 0.25) is 0 Å². The number of hydrogen-bond acceptors (Lipinski definition) is 2. The molecule has 0 saturated heterocycles. The lowest BCUT2D eigenvalue weighted by atomic mass is 9.77. The molecule has 6 heteroatoms. The summed E-state index contributed by atoms with van der Waals surface area (Å²) in [4.78, 5) is 0. The zero-order valence-electron chi connectivity index (χ0n) is 40.3. The second-order valence-electron chi connectivity index (χ2n) is 18.4. The Hall–Kier alpha value is -8.78. The molecule has 0 unspecified atom stereocenters. The van der Waals surface area contributed by atoms with E-state index in [4.69, 9.17) is 10.0 Å². The standard InChI is InChI=1S/C34H23N.C24H16BrN.C10H9BO2/c1-2-11-28(12-3-1)35-33-16-7-6-14-31(33)32-23-27(21-22-34(32)35)24-17-19-26(20-18-24)30-15-8-10-25-9-4-5-13-29(25)30;25-19-13-10-17(11-14-19)18-12-15-24-22(16-18)21-8-4-5-9-23(21)26(24)20-6-2-1-3-7-20;12-11(13)10-7-3-5-8-4-1-2-6-9(8)10/h1-23H;1-16H;1-7,12-13H. The molecule has 0 aliphatic rings. The van der Waals surface area contributed by atoms with Crippen LogP contribution in [0.3, 0.4) is 0 Å². The van der Waals surface area contributed by atoms with E-state index in [0.29, 0.717) is 5.46 Å². The van der Waals surface area contributed by atoms with Crippen molar-refractivity contribution >= 4 is 93.7 Å². The molecule has 0 saturated carbocycles. The van der Waals surface area contributed by atoms with E-state index in [2.05, 4.69) is 262 Å². The van der Waals surface area contributed by atoms with Crippen molar-refractivity contribution < 1.29 is 10.0 Å². The first-order chi connectivity index (χ1) is 36.5. The molecule has 0 aliphatic carbocycles. The summed E-state index contributed by atoms with van der Waals surface area (Å²) in [5, 5.41) is 27.7. The highest BCUT2D eigenvalue weighted by atomic mass is 79.9. The van der Waals surface area contributed by atoms with Gasteiger partial charge in [-0.25, -0.2) is 0 Å². The summed E-state index contributed by atoms with van der Waals surface area (Å²) in [5.41, 5.74) is 15.3. The fourth-order valence-electron chi connectivity index (χ4n) is 10.5. The molecule has 0 radical (unpaired) electrons. The van der Waals surface area contributed by atoms with Gasteiger partial charge in [-0.3, -0.25) is 0 Å². The number of para-hydroxylation sites is 4. The molecule has 0 fully saturated rings. The van der Waals surface area contributed by atoms with Crippen LogP contribution in [0, 0.1) is 0 Å². The molecule has 0 spiro atoms. The van der Waals surface area contributed by atoms with Crippen molar-refractivity contribution in [2.45, 2.75) is 0 Å². The fraction of sp³-hybridized carbons (Fsp3) is 0. The fourth-order valence-corrected chi connectivity index (χ4v) is 10.7. The molecule has 0 aliphatic heterocycles. The summed E-state index contributed by atoms with van der Waals surface area (Å²) >= 11 is 3.52. The predicted octanol–water partition coefficient (Wildman–Crippen LogP) is 17.0. The lowest BCUT2D eigenvalue weighted by molar-refractivity contribution is 0.426. The molecule has 14 rings (SSSR count). The predicted molar refractivity (Wildman–Crippen MR) is 317 cm³/mol. The maximum absolute atomic E-state index is 9.08. The molecule has 2 aromatic heterocycles. The molecule has 0 atom stereocenters. The Balaban J connectivity index is 0.000000125. The van der Waals surface area contributed by atoms with Gasteiger partial charge in [-0.15, -0.1) is 0 Å². The third kappa shape index (κ3) is 8.97. The lowest BCUT2D eigenvalue weighted by Crippen LogP contribution is -2.30. The van der Waals surface area contributed by atoms with E-state index in [9.17, 15) is 0 Å². The number of rotatable bonds is 6. The van der Waals surface area contributed by atoms with E-state index in [0.717, 1.165) is 15.2 Å². The Labute approximate surface area is 438 Å². The Bertz CT molecular complexity index is 4270. The number of nitrogens with zero attached hydrogens (tertiary/aromatic N) is 2. The SMILES string of the molecule is Brc1ccc(-c2ccc3c(c2)c2ccccc2n3-c2ccccc2)cc1.OB(O)c1cccc2ccccc12.c1ccc(-n2c3ccccc3c3cc(-c4ccc(-c5cccc6ccccc56)cc4)ccc32)cc1. The Morgan fingerprint density at radius 1 is 0.284 bits per heavy atom. The average molecular weight is 1020 g/mol. The van der Waals surface area contributed by atoms with E-state index in [1.807, 2.05) is 36.4 Å². The van der Waals surface area contributed by atoms with E-state index < -0.39 is 7.12 Å². The number of aromatic nitrogens is 2. The van der Waals surface area contributed by atoms with Crippen molar-refractivity contribution in [2.75, 3.05) is 0 Å². The van der Waals surface area contributed by atoms with Crippen LogP contribution in [-0.4, -0.2) is 26.3 Å². The molecule has 74 heavy (non-hydrogen) atoms. The first-order valence-corrected chi connectivity index (χ1v) is 25.6. The van der Waals surface area contributed by atoms with Crippen molar-refractivity contribution in [3.63, 3.8) is 0 Å². The van der Waals surface area contributed by atoms with Gasteiger partial charge in [0.15, 0.2) is 0 Å². The minimum atomic E-state index is -1.40. The van der Waals surface area contributed by atoms with E-state index in [1.165, 1.54) is 99.1 Å². The zero-order valence-corrected chi connectivity index (χ0v) is 41.9. The van der Waals surface area contributed by atoms with Gasteiger partial charge in [-0.05, 0) is 133 Å². The van der Waals surface area contributed by atoms with Gasteiger partial charge in [-0.1, -0.05) is 222 Å². The Morgan fingerprint density at radius 3 is 1.19 bits per heavy atom. The molecule has 0 amide bonds. The Morgan fingerprint density at radius 2 is 0.662 bits per heavy atom.